The molecule has 28 heavy (non-hydrogen) atoms. The number of phenols is 1. The van der Waals surface area contributed by atoms with Gasteiger partial charge in [-0.05, 0) is 31.2 Å². The molecule has 3 aromatic rings. The highest BCUT2D eigenvalue weighted by atomic mass is 35.5. The van der Waals surface area contributed by atoms with Gasteiger partial charge in [-0.3, -0.25) is 4.98 Å². The van der Waals surface area contributed by atoms with E-state index in [1.165, 1.54) is 0 Å². The summed E-state index contributed by atoms with van der Waals surface area (Å²) < 4.78 is 10.8. The first kappa shape index (κ1) is 20.1. The van der Waals surface area contributed by atoms with Gasteiger partial charge in [0.1, 0.15) is 5.75 Å². The van der Waals surface area contributed by atoms with Crippen molar-refractivity contribution < 1.29 is 14.6 Å². The smallest absolute Gasteiger partial charge is 0.162 e. The van der Waals surface area contributed by atoms with Crippen molar-refractivity contribution in [2.45, 2.75) is 13.5 Å². The van der Waals surface area contributed by atoms with Crippen LogP contribution in [0.1, 0.15) is 11.1 Å². The van der Waals surface area contributed by atoms with Crippen molar-refractivity contribution in [1.82, 2.24) is 4.98 Å². The summed E-state index contributed by atoms with van der Waals surface area (Å²) in [5.74, 6) is 1.42. The summed E-state index contributed by atoms with van der Waals surface area (Å²) in [6.45, 7) is 2.23. The van der Waals surface area contributed by atoms with Crippen LogP contribution >= 0.6 is 23.2 Å². The summed E-state index contributed by atoms with van der Waals surface area (Å²) in [5, 5.41) is 11.2. The molecule has 0 aliphatic carbocycles. The Morgan fingerprint density at radius 1 is 1.00 bits per heavy atom. The summed E-state index contributed by atoms with van der Waals surface area (Å²) in [5.41, 5.74) is 3.11. The van der Waals surface area contributed by atoms with Crippen LogP contribution in [-0.2, 0) is 6.54 Å². The van der Waals surface area contributed by atoms with Crippen molar-refractivity contribution in [3.05, 3.63) is 70.0 Å². The first-order valence-electron chi connectivity index (χ1n) is 8.52. The number of rotatable bonds is 6. The third kappa shape index (κ3) is 3.96. The number of nitrogens with zero attached hydrogens (tertiary/aromatic N) is 2. The van der Waals surface area contributed by atoms with Gasteiger partial charge in [0.05, 0.1) is 30.8 Å². The van der Waals surface area contributed by atoms with Crippen LogP contribution in [0.25, 0.3) is 0 Å². The van der Waals surface area contributed by atoms with Gasteiger partial charge in [0.2, 0.25) is 0 Å². The summed E-state index contributed by atoms with van der Waals surface area (Å²) in [6.07, 6.45) is 3.12. The van der Waals surface area contributed by atoms with Gasteiger partial charge in [-0.2, -0.15) is 0 Å². The Labute approximate surface area is 174 Å². The molecule has 1 heterocycles. The van der Waals surface area contributed by atoms with Crippen molar-refractivity contribution in [2.75, 3.05) is 19.1 Å². The number of hydrogen-bond donors (Lipinski definition) is 1. The Hall–Kier alpha value is -2.63. The monoisotopic (exact) mass is 418 g/mol. The first-order valence-corrected chi connectivity index (χ1v) is 9.28. The minimum absolute atomic E-state index is 0.204. The standard InChI is InChI=1S/C21H20Cl2N2O3/c1-13-18(5-4-6-19(13)26)25(12-15-16(22)10-24-11-17(15)23)14-7-8-20(27-2)21(9-14)28-3/h4-11,26H,12H2,1-3H3. The van der Waals surface area contributed by atoms with E-state index < -0.39 is 0 Å². The highest BCUT2D eigenvalue weighted by molar-refractivity contribution is 6.35. The highest BCUT2D eigenvalue weighted by Gasteiger charge is 2.19. The van der Waals surface area contributed by atoms with Crippen LogP contribution in [0.15, 0.2) is 48.8 Å². The van der Waals surface area contributed by atoms with Gasteiger partial charge < -0.3 is 19.5 Å². The number of aromatic hydroxyl groups is 1. The number of phenolic OH excluding ortho intramolecular Hbond substituents is 1. The molecule has 0 amide bonds. The van der Waals surface area contributed by atoms with Crippen molar-refractivity contribution in [3.8, 4) is 17.2 Å². The summed E-state index contributed by atoms with van der Waals surface area (Å²) >= 11 is 12.7. The van der Waals surface area contributed by atoms with Crippen LogP contribution in [0.4, 0.5) is 11.4 Å². The van der Waals surface area contributed by atoms with Gasteiger partial charge in [-0.1, -0.05) is 29.3 Å². The average molecular weight is 419 g/mol. The van der Waals surface area contributed by atoms with Crippen molar-refractivity contribution >= 4 is 34.6 Å². The van der Waals surface area contributed by atoms with E-state index in [9.17, 15) is 5.11 Å². The molecule has 5 nitrogen and oxygen atoms in total. The second-order valence-electron chi connectivity index (χ2n) is 6.13. The summed E-state index contributed by atoms with van der Waals surface area (Å²) in [6, 6.07) is 11.0. The number of ether oxygens (including phenoxy) is 2. The quantitative estimate of drug-likeness (QED) is 0.551. The fourth-order valence-electron chi connectivity index (χ4n) is 2.96. The van der Waals surface area contributed by atoms with E-state index in [0.29, 0.717) is 28.1 Å². The SMILES string of the molecule is COc1ccc(N(Cc2c(Cl)cncc2Cl)c2cccc(O)c2C)cc1OC. The number of hydrogen-bond acceptors (Lipinski definition) is 5. The van der Waals surface area contributed by atoms with Crippen molar-refractivity contribution in [3.63, 3.8) is 0 Å². The summed E-state index contributed by atoms with van der Waals surface area (Å²) in [4.78, 5) is 6.02. The van der Waals surface area contributed by atoms with Crippen molar-refractivity contribution in [2.24, 2.45) is 0 Å². The van der Waals surface area contributed by atoms with Crippen LogP contribution in [0.3, 0.4) is 0 Å². The first-order chi connectivity index (χ1) is 13.5. The Morgan fingerprint density at radius 3 is 2.32 bits per heavy atom. The molecule has 0 radical (unpaired) electrons. The molecule has 0 fully saturated rings. The third-order valence-corrected chi connectivity index (χ3v) is 5.17. The lowest BCUT2D eigenvalue weighted by Crippen LogP contribution is -2.18. The van der Waals surface area contributed by atoms with E-state index in [1.54, 1.807) is 38.7 Å². The van der Waals surface area contributed by atoms with E-state index >= 15 is 0 Å². The highest BCUT2D eigenvalue weighted by Crippen LogP contribution is 2.39. The van der Waals surface area contributed by atoms with E-state index in [2.05, 4.69) is 4.98 Å². The van der Waals surface area contributed by atoms with Crippen LogP contribution < -0.4 is 14.4 Å². The second-order valence-corrected chi connectivity index (χ2v) is 6.94. The van der Waals surface area contributed by atoms with E-state index in [-0.39, 0.29) is 5.75 Å². The fourth-order valence-corrected chi connectivity index (χ4v) is 3.44. The molecule has 0 saturated heterocycles. The topological polar surface area (TPSA) is 54.8 Å². The average Bonchev–Trinajstić information content (AvgIpc) is 2.70. The largest absolute Gasteiger partial charge is 0.508 e. The van der Waals surface area contributed by atoms with Gasteiger partial charge in [-0.25, -0.2) is 0 Å². The Morgan fingerprint density at radius 2 is 1.68 bits per heavy atom. The molecular weight excluding hydrogens is 399 g/mol. The molecular formula is C21H20Cl2N2O3. The van der Waals surface area contributed by atoms with Gasteiger partial charge in [0.25, 0.3) is 0 Å². The minimum atomic E-state index is 0.204. The van der Waals surface area contributed by atoms with Gasteiger partial charge in [0.15, 0.2) is 11.5 Å². The zero-order valence-electron chi connectivity index (χ0n) is 15.7. The molecule has 1 aromatic heterocycles. The summed E-state index contributed by atoms with van der Waals surface area (Å²) in [7, 11) is 3.17. The van der Waals surface area contributed by atoms with Gasteiger partial charge >= 0.3 is 0 Å². The zero-order chi connectivity index (χ0) is 20.3. The zero-order valence-corrected chi connectivity index (χ0v) is 17.3. The lowest BCUT2D eigenvalue weighted by Gasteiger charge is -2.28. The Balaban J connectivity index is 2.16. The predicted octanol–water partition coefficient (Wildman–Crippen LogP) is 5.76. The Bertz CT molecular complexity index is 975. The lowest BCUT2D eigenvalue weighted by molar-refractivity contribution is 0.355. The van der Waals surface area contributed by atoms with Crippen LogP contribution in [0, 0.1) is 6.92 Å². The predicted molar refractivity (Wildman–Crippen MR) is 112 cm³/mol. The van der Waals surface area contributed by atoms with Crippen molar-refractivity contribution in [1.29, 1.82) is 0 Å². The van der Waals surface area contributed by atoms with E-state index in [0.717, 1.165) is 22.5 Å². The number of aromatic nitrogens is 1. The third-order valence-electron chi connectivity index (χ3n) is 4.51. The lowest BCUT2D eigenvalue weighted by atomic mass is 10.1. The molecule has 2 aromatic carbocycles. The van der Waals surface area contributed by atoms with E-state index in [1.807, 2.05) is 36.1 Å². The molecule has 0 spiro atoms. The fraction of sp³-hybridized carbons (Fsp3) is 0.190. The molecule has 7 heteroatoms. The molecule has 0 saturated carbocycles. The van der Waals surface area contributed by atoms with Crippen LogP contribution in [0.5, 0.6) is 17.2 Å². The van der Waals surface area contributed by atoms with Crippen LogP contribution in [0.2, 0.25) is 10.0 Å². The number of methoxy groups -OCH3 is 2. The maximum Gasteiger partial charge on any atom is 0.162 e. The van der Waals surface area contributed by atoms with Crippen LogP contribution in [-0.4, -0.2) is 24.3 Å². The number of benzene rings is 2. The van der Waals surface area contributed by atoms with E-state index in [4.69, 9.17) is 32.7 Å². The maximum absolute atomic E-state index is 10.2. The normalized spacial score (nSPS) is 10.6. The number of pyridine rings is 1. The molecule has 0 aliphatic rings. The minimum Gasteiger partial charge on any atom is -0.508 e. The Kier molecular flexibility index (Phi) is 6.17. The van der Waals surface area contributed by atoms with Gasteiger partial charge in [0, 0.05) is 41.0 Å². The second kappa shape index (κ2) is 8.59. The molecule has 0 bridgehead atoms. The molecule has 0 atom stereocenters. The molecule has 0 aliphatic heterocycles. The molecule has 146 valence electrons. The van der Waals surface area contributed by atoms with Gasteiger partial charge in [-0.15, -0.1) is 0 Å². The number of anilines is 2. The molecule has 0 unspecified atom stereocenters. The molecule has 3 rings (SSSR count). The molecule has 1 N–H and O–H groups in total. The number of halogens is 2. The maximum atomic E-state index is 10.2.